The van der Waals surface area contributed by atoms with Crippen LogP contribution in [0.1, 0.15) is 42.2 Å². The predicted octanol–water partition coefficient (Wildman–Crippen LogP) is 3.12. The van der Waals surface area contributed by atoms with E-state index in [0.717, 1.165) is 30.6 Å². The fourth-order valence-electron chi connectivity index (χ4n) is 4.43. The number of rotatable bonds is 8. The molecule has 2 aromatic carbocycles. The number of fused-ring (bicyclic) bond motifs is 1. The number of carbonyl (C=O) groups excluding carboxylic acids is 2. The van der Waals surface area contributed by atoms with E-state index in [1.807, 2.05) is 30.3 Å². The molecule has 4 rings (SSSR count). The number of nitrogens with zero attached hydrogens (tertiary/aromatic N) is 4. The molecule has 2 heterocycles. The number of unbranched alkanes of at least 4 members (excludes halogenated alkanes) is 2. The summed E-state index contributed by atoms with van der Waals surface area (Å²) >= 11 is 0. The van der Waals surface area contributed by atoms with Crippen LogP contribution in [0.2, 0.25) is 0 Å². The maximum absolute atomic E-state index is 13.5. The van der Waals surface area contributed by atoms with E-state index in [0.29, 0.717) is 55.6 Å². The molecule has 8 heteroatoms. The van der Waals surface area contributed by atoms with Crippen molar-refractivity contribution in [2.24, 2.45) is 0 Å². The zero-order valence-corrected chi connectivity index (χ0v) is 20.4. The van der Waals surface area contributed by atoms with Crippen molar-refractivity contribution in [2.45, 2.75) is 39.2 Å². The van der Waals surface area contributed by atoms with Gasteiger partial charge >= 0.3 is 0 Å². The van der Waals surface area contributed by atoms with E-state index in [9.17, 15) is 14.4 Å². The zero-order chi connectivity index (χ0) is 24.8. The van der Waals surface area contributed by atoms with Gasteiger partial charge in [0.2, 0.25) is 5.91 Å². The highest BCUT2D eigenvalue weighted by atomic mass is 16.5. The molecule has 0 aliphatic carbocycles. The maximum atomic E-state index is 13.5. The standard InChI is InChI=1S/C27H32N4O4/c1-3-4-7-13-31-26(33)23-12-6-5-11-22(23)25(28-31)27(34)30-16-14-29(15-17-30)24(32)19-20-9-8-10-21(18-20)35-2/h5-6,8-12,18H,3-4,7,13-17,19H2,1-2H3. The molecule has 1 fully saturated rings. The second kappa shape index (κ2) is 11.2. The van der Waals surface area contributed by atoms with Gasteiger partial charge in [-0.2, -0.15) is 5.10 Å². The number of methoxy groups -OCH3 is 1. The van der Waals surface area contributed by atoms with Crippen molar-refractivity contribution >= 4 is 22.6 Å². The van der Waals surface area contributed by atoms with Crippen LogP contribution in [0.4, 0.5) is 0 Å². The van der Waals surface area contributed by atoms with Gasteiger partial charge in [0, 0.05) is 38.1 Å². The molecule has 1 aliphatic heterocycles. The van der Waals surface area contributed by atoms with Gasteiger partial charge in [0.1, 0.15) is 5.75 Å². The first kappa shape index (κ1) is 24.4. The Hall–Kier alpha value is -3.68. The predicted molar refractivity (Wildman–Crippen MR) is 135 cm³/mol. The first-order valence-electron chi connectivity index (χ1n) is 12.2. The normalized spacial score (nSPS) is 13.8. The van der Waals surface area contributed by atoms with Crippen LogP contribution in [0.15, 0.2) is 53.3 Å². The summed E-state index contributed by atoms with van der Waals surface area (Å²) in [6, 6.07) is 14.6. The number of hydrogen-bond donors (Lipinski definition) is 0. The summed E-state index contributed by atoms with van der Waals surface area (Å²) in [5, 5.41) is 5.58. The number of amides is 2. The molecule has 35 heavy (non-hydrogen) atoms. The van der Waals surface area contributed by atoms with Crippen LogP contribution < -0.4 is 10.3 Å². The van der Waals surface area contributed by atoms with Gasteiger partial charge < -0.3 is 14.5 Å². The molecule has 2 amide bonds. The van der Waals surface area contributed by atoms with Gasteiger partial charge in [-0.3, -0.25) is 14.4 Å². The lowest BCUT2D eigenvalue weighted by atomic mass is 10.1. The van der Waals surface area contributed by atoms with Crippen molar-refractivity contribution in [1.82, 2.24) is 19.6 Å². The van der Waals surface area contributed by atoms with Crippen molar-refractivity contribution in [1.29, 1.82) is 0 Å². The molecule has 0 radical (unpaired) electrons. The van der Waals surface area contributed by atoms with Gasteiger partial charge in [0.25, 0.3) is 11.5 Å². The number of hydrogen-bond acceptors (Lipinski definition) is 5. The third kappa shape index (κ3) is 5.53. The van der Waals surface area contributed by atoms with E-state index in [4.69, 9.17) is 4.74 Å². The minimum absolute atomic E-state index is 0.0263. The van der Waals surface area contributed by atoms with Crippen LogP contribution >= 0.6 is 0 Å². The second-order valence-electron chi connectivity index (χ2n) is 8.83. The molecule has 1 aromatic heterocycles. The van der Waals surface area contributed by atoms with Crippen molar-refractivity contribution < 1.29 is 14.3 Å². The van der Waals surface area contributed by atoms with Crippen LogP contribution in [-0.4, -0.2) is 64.7 Å². The topological polar surface area (TPSA) is 84.7 Å². The van der Waals surface area contributed by atoms with Gasteiger partial charge in [-0.15, -0.1) is 0 Å². The Balaban J connectivity index is 1.47. The van der Waals surface area contributed by atoms with Crippen LogP contribution in [0.3, 0.4) is 0 Å². The van der Waals surface area contributed by atoms with Crippen LogP contribution in [0.5, 0.6) is 5.75 Å². The van der Waals surface area contributed by atoms with Gasteiger partial charge in [-0.25, -0.2) is 4.68 Å². The Kier molecular flexibility index (Phi) is 7.80. The van der Waals surface area contributed by atoms with Crippen molar-refractivity contribution in [2.75, 3.05) is 33.3 Å². The number of aryl methyl sites for hydroxylation is 1. The summed E-state index contributed by atoms with van der Waals surface area (Å²) < 4.78 is 6.67. The van der Waals surface area contributed by atoms with Crippen LogP contribution in [0.25, 0.3) is 10.8 Å². The molecule has 1 aliphatic rings. The summed E-state index contributed by atoms with van der Waals surface area (Å²) in [6.07, 6.45) is 3.16. The number of aromatic nitrogens is 2. The molecular weight excluding hydrogens is 444 g/mol. The summed E-state index contributed by atoms with van der Waals surface area (Å²) in [5.74, 6) is 0.546. The molecule has 0 spiro atoms. The zero-order valence-electron chi connectivity index (χ0n) is 20.4. The number of piperazine rings is 1. The smallest absolute Gasteiger partial charge is 0.275 e. The fraction of sp³-hybridized carbons (Fsp3) is 0.407. The minimum Gasteiger partial charge on any atom is -0.497 e. The molecule has 184 valence electrons. The molecule has 8 nitrogen and oxygen atoms in total. The lowest BCUT2D eigenvalue weighted by molar-refractivity contribution is -0.131. The summed E-state index contributed by atoms with van der Waals surface area (Å²) in [7, 11) is 1.60. The highest BCUT2D eigenvalue weighted by Crippen LogP contribution is 2.18. The van der Waals surface area contributed by atoms with Crippen molar-refractivity contribution in [3.05, 3.63) is 70.1 Å². The van der Waals surface area contributed by atoms with Gasteiger partial charge in [0.05, 0.1) is 18.9 Å². The minimum atomic E-state index is -0.203. The Labute approximate surface area is 205 Å². The molecule has 0 N–H and O–H groups in total. The van der Waals surface area contributed by atoms with E-state index in [1.54, 1.807) is 35.1 Å². The lowest BCUT2D eigenvalue weighted by Gasteiger charge is -2.34. The third-order valence-corrected chi connectivity index (χ3v) is 6.45. The highest BCUT2D eigenvalue weighted by Gasteiger charge is 2.27. The number of ether oxygens (including phenoxy) is 1. The van der Waals surface area contributed by atoms with Gasteiger partial charge in [0.15, 0.2) is 5.69 Å². The molecule has 0 bridgehead atoms. The molecule has 0 saturated carbocycles. The average Bonchev–Trinajstić information content (AvgIpc) is 2.90. The average molecular weight is 477 g/mol. The Bertz CT molecular complexity index is 1260. The molecule has 1 saturated heterocycles. The summed E-state index contributed by atoms with van der Waals surface area (Å²) in [6.45, 7) is 4.36. The van der Waals surface area contributed by atoms with E-state index < -0.39 is 0 Å². The van der Waals surface area contributed by atoms with E-state index in [1.165, 1.54) is 4.68 Å². The van der Waals surface area contributed by atoms with Crippen LogP contribution in [-0.2, 0) is 17.8 Å². The third-order valence-electron chi connectivity index (χ3n) is 6.45. The summed E-state index contributed by atoms with van der Waals surface area (Å²) in [4.78, 5) is 42.7. The quantitative estimate of drug-likeness (QED) is 0.467. The van der Waals surface area contributed by atoms with Gasteiger partial charge in [-0.05, 0) is 30.2 Å². The molecule has 0 unspecified atom stereocenters. The van der Waals surface area contributed by atoms with Crippen molar-refractivity contribution in [3.63, 3.8) is 0 Å². The SMILES string of the molecule is CCCCCn1nc(C(=O)N2CCN(C(=O)Cc3cccc(OC)c3)CC2)c2ccccc2c1=O. The molecule has 3 aromatic rings. The number of carbonyl (C=O) groups is 2. The molecule has 0 atom stereocenters. The Morgan fingerprint density at radius 2 is 1.66 bits per heavy atom. The summed E-state index contributed by atoms with van der Waals surface area (Å²) in [5.41, 5.74) is 1.03. The van der Waals surface area contributed by atoms with E-state index in [2.05, 4.69) is 12.0 Å². The fourth-order valence-corrected chi connectivity index (χ4v) is 4.43. The van der Waals surface area contributed by atoms with Crippen LogP contribution in [0, 0.1) is 0 Å². The van der Waals surface area contributed by atoms with E-state index >= 15 is 0 Å². The lowest BCUT2D eigenvalue weighted by Crippen LogP contribution is -2.51. The first-order chi connectivity index (χ1) is 17.0. The Morgan fingerprint density at radius 1 is 0.943 bits per heavy atom. The van der Waals surface area contributed by atoms with Gasteiger partial charge in [-0.1, -0.05) is 50.1 Å². The van der Waals surface area contributed by atoms with Crippen molar-refractivity contribution in [3.8, 4) is 5.75 Å². The monoisotopic (exact) mass is 476 g/mol. The second-order valence-corrected chi connectivity index (χ2v) is 8.83. The molecular formula is C27H32N4O4. The Morgan fingerprint density at radius 3 is 2.37 bits per heavy atom. The van der Waals surface area contributed by atoms with E-state index in [-0.39, 0.29) is 17.4 Å². The largest absolute Gasteiger partial charge is 0.497 e. The number of benzene rings is 2. The maximum Gasteiger partial charge on any atom is 0.275 e. The highest BCUT2D eigenvalue weighted by molar-refractivity contribution is 6.04. The first-order valence-corrected chi connectivity index (χ1v) is 12.2.